The molecule has 0 saturated carbocycles. The summed E-state index contributed by atoms with van der Waals surface area (Å²) in [6, 6.07) is 6.55. The van der Waals surface area contributed by atoms with Gasteiger partial charge in [-0.3, -0.25) is 4.90 Å². The zero-order valence-electron chi connectivity index (χ0n) is 17.1. The van der Waals surface area contributed by atoms with Crippen molar-refractivity contribution < 1.29 is 19.8 Å². The van der Waals surface area contributed by atoms with Crippen LogP contribution in [0.25, 0.3) is 0 Å². The second-order valence-electron chi connectivity index (χ2n) is 8.17. The molecule has 2 rings (SSSR count). The molecule has 0 unspecified atom stereocenters. The summed E-state index contributed by atoms with van der Waals surface area (Å²) in [7, 11) is 0. The lowest BCUT2D eigenvalue weighted by Gasteiger charge is -2.38. The number of carboxylic acids is 2. The summed E-state index contributed by atoms with van der Waals surface area (Å²) in [4.78, 5) is 21.7. The van der Waals surface area contributed by atoms with Gasteiger partial charge in [0.1, 0.15) is 0 Å². The van der Waals surface area contributed by atoms with E-state index in [2.05, 4.69) is 37.1 Å². The molecule has 8 heteroatoms. The third-order valence-corrected chi connectivity index (χ3v) is 5.13. The van der Waals surface area contributed by atoms with E-state index < -0.39 is 11.9 Å². The monoisotopic (exact) mass is 444 g/mol. The Bertz CT molecular complexity index is 695. The van der Waals surface area contributed by atoms with Gasteiger partial charge in [-0.05, 0) is 43.0 Å². The fourth-order valence-corrected chi connectivity index (χ4v) is 3.51. The van der Waals surface area contributed by atoms with Gasteiger partial charge in [-0.1, -0.05) is 56.1 Å². The molecule has 3 N–H and O–H groups in total. The number of carbonyl (C=O) groups is 2. The van der Waals surface area contributed by atoms with Gasteiger partial charge < -0.3 is 15.5 Å². The van der Waals surface area contributed by atoms with Gasteiger partial charge in [0.15, 0.2) is 0 Å². The second kappa shape index (κ2) is 12.2. The number of hydrogen-bond acceptors (Lipinski definition) is 4. The summed E-state index contributed by atoms with van der Waals surface area (Å²) in [5, 5.41) is 20.4. The molecule has 29 heavy (non-hydrogen) atoms. The molecule has 6 nitrogen and oxygen atoms in total. The second-order valence-corrected chi connectivity index (χ2v) is 8.95. The van der Waals surface area contributed by atoms with E-state index in [9.17, 15) is 9.59 Å². The van der Waals surface area contributed by atoms with Crippen LogP contribution in [0.5, 0.6) is 0 Å². The molecule has 0 atom stereocenters. The number of rotatable bonds is 6. The number of nitrogens with zero attached hydrogens (tertiary/aromatic N) is 1. The fraction of sp³-hybridized carbons (Fsp3) is 0.524. The van der Waals surface area contributed by atoms with Crippen molar-refractivity contribution in [2.24, 2.45) is 5.41 Å². The summed E-state index contributed by atoms with van der Waals surface area (Å²) in [5.41, 5.74) is 1.41. The first kappa shape index (κ1) is 25.4. The number of hydrogen-bond donors (Lipinski definition) is 3. The first-order valence-electron chi connectivity index (χ1n) is 9.51. The van der Waals surface area contributed by atoms with Crippen molar-refractivity contribution in [1.82, 2.24) is 10.2 Å². The summed E-state index contributed by atoms with van der Waals surface area (Å²) < 4.78 is 0. The topological polar surface area (TPSA) is 89.9 Å². The maximum atomic E-state index is 9.55. The Kier molecular flexibility index (Phi) is 10.7. The number of carboxylic acid groups (broad SMARTS) is 2. The molecule has 1 aromatic carbocycles. The summed E-state index contributed by atoms with van der Waals surface area (Å²) in [5.74, 6) is -2.51. The highest BCUT2D eigenvalue weighted by atomic mass is 35.5. The number of benzene rings is 1. The van der Waals surface area contributed by atoms with Gasteiger partial charge in [-0.25, -0.2) is 9.59 Å². The van der Waals surface area contributed by atoms with E-state index in [1.165, 1.54) is 12.8 Å². The van der Waals surface area contributed by atoms with Crippen LogP contribution < -0.4 is 5.32 Å². The van der Waals surface area contributed by atoms with Crippen LogP contribution in [-0.4, -0.2) is 52.7 Å². The van der Waals surface area contributed by atoms with Crippen LogP contribution in [0.3, 0.4) is 0 Å². The van der Waals surface area contributed by atoms with E-state index in [1.54, 1.807) is 0 Å². The van der Waals surface area contributed by atoms with Gasteiger partial charge in [0.2, 0.25) is 0 Å². The SMILES string of the molecule is CC(C)(C)CN(Cc1cccc(Cl)c1Cl)C1CCNCC1.O=C(O)C=CC(=O)O. The smallest absolute Gasteiger partial charge is 0.328 e. The van der Waals surface area contributed by atoms with Crippen molar-refractivity contribution in [2.45, 2.75) is 46.2 Å². The lowest BCUT2D eigenvalue weighted by Crippen LogP contribution is -2.45. The van der Waals surface area contributed by atoms with E-state index in [0.717, 1.165) is 31.7 Å². The Morgan fingerprint density at radius 1 is 1.14 bits per heavy atom. The standard InChI is InChI=1S/C17H26Cl2N2.C4H4O4/c1-17(2,3)12-21(14-7-9-20-10-8-14)11-13-5-4-6-15(18)16(13)19;5-3(6)1-2-4(7)8/h4-6,14,20H,7-12H2,1-3H3;1-2H,(H,5,6)(H,7,8). The van der Waals surface area contributed by atoms with Crippen LogP contribution in [0.4, 0.5) is 0 Å². The van der Waals surface area contributed by atoms with E-state index in [-0.39, 0.29) is 5.41 Å². The Morgan fingerprint density at radius 2 is 1.69 bits per heavy atom. The van der Waals surface area contributed by atoms with Crippen molar-refractivity contribution in [3.05, 3.63) is 46.0 Å². The van der Waals surface area contributed by atoms with E-state index in [0.29, 0.717) is 28.2 Å². The average molecular weight is 445 g/mol. The molecule has 1 saturated heterocycles. The predicted molar refractivity (Wildman–Crippen MR) is 117 cm³/mol. The zero-order chi connectivity index (χ0) is 22.0. The quantitative estimate of drug-likeness (QED) is 0.566. The number of halogens is 2. The zero-order valence-corrected chi connectivity index (χ0v) is 18.6. The lowest BCUT2D eigenvalue weighted by atomic mass is 9.93. The molecule has 0 bridgehead atoms. The number of aliphatic carboxylic acids is 2. The minimum absolute atomic E-state index is 0.274. The molecule has 1 aliphatic rings. The van der Waals surface area contributed by atoms with Crippen molar-refractivity contribution >= 4 is 35.1 Å². The lowest BCUT2D eigenvalue weighted by molar-refractivity contribution is -0.134. The molecule has 0 radical (unpaired) electrons. The summed E-state index contributed by atoms with van der Waals surface area (Å²) in [6.07, 6.45) is 3.52. The molecule has 0 spiro atoms. The Hall–Kier alpha value is -1.60. The van der Waals surface area contributed by atoms with Crippen molar-refractivity contribution in [3.63, 3.8) is 0 Å². The normalized spacial score (nSPS) is 15.2. The van der Waals surface area contributed by atoms with Crippen molar-refractivity contribution in [3.8, 4) is 0 Å². The number of nitrogens with one attached hydrogen (secondary N) is 1. The third kappa shape index (κ3) is 10.7. The van der Waals surface area contributed by atoms with Crippen LogP contribution in [0.1, 0.15) is 39.2 Å². The molecule has 1 aliphatic heterocycles. The van der Waals surface area contributed by atoms with E-state index >= 15 is 0 Å². The van der Waals surface area contributed by atoms with Gasteiger partial charge in [0.25, 0.3) is 0 Å². The Morgan fingerprint density at radius 3 is 2.17 bits per heavy atom. The van der Waals surface area contributed by atoms with Crippen LogP contribution in [-0.2, 0) is 16.1 Å². The molecule has 0 aliphatic carbocycles. The maximum absolute atomic E-state index is 9.55. The Labute approximate surface area is 182 Å². The number of piperidine rings is 1. The molecule has 1 fully saturated rings. The van der Waals surface area contributed by atoms with Gasteiger partial charge in [0, 0.05) is 31.3 Å². The molecule has 162 valence electrons. The molecule has 0 aromatic heterocycles. The maximum Gasteiger partial charge on any atom is 0.328 e. The largest absolute Gasteiger partial charge is 0.478 e. The molecule has 1 heterocycles. The molecule has 0 amide bonds. The minimum Gasteiger partial charge on any atom is -0.478 e. The minimum atomic E-state index is -1.26. The highest BCUT2D eigenvalue weighted by molar-refractivity contribution is 6.42. The van der Waals surface area contributed by atoms with Gasteiger partial charge in [-0.2, -0.15) is 0 Å². The Balaban J connectivity index is 0.000000447. The van der Waals surface area contributed by atoms with E-state index in [4.69, 9.17) is 33.4 Å². The molecular formula is C21H30Cl2N2O4. The summed E-state index contributed by atoms with van der Waals surface area (Å²) in [6.45, 7) is 11.0. The third-order valence-electron chi connectivity index (χ3n) is 4.28. The van der Waals surface area contributed by atoms with Crippen LogP contribution in [0.15, 0.2) is 30.4 Å². The fourth-order valence-electron chi connectivity index (χ4n) is 3.13. The summed E-state index contributed by atoms with van der Waals surface area (Å²) >= 11 is 12.5. The average Bonchev–Trinajstić information content (AvgIpc) is 2.63. The van der Waals surface area contributed by atoms with Crippen molar-refractivity contribution in [2.75, 3.05) is 19.6 Å². The molecule has 1 aromatic rings. The first-order valence-corrected chi connectivity index (χ1v) is 10.3. The van der Waals surface area contributed by atoms with Crippen LogP contribution in [0, 0.1) is 5.41 Å². The first-order chi connectivity index (χ1) is 13.5. The van der Waals surface area contributed by atoms with Gasteiger partial charge in [0.05, 0.1) is 10.0 Å². The highest BCUT2D eigenvalue weighted by Crippen LogP contribution is 2.29. The highest BCUT2D eigenvalue weighted by Gasteiger charge is 2.26. The van der Waals surface area contributed by atoms with Gasteiger partial charge >= 0.3 is 11.9 Å². The van der Waals surface area contributed by atoms with Crippen molar-refractivity contribution in [1.29, 1.82) is 0 Å². The van der Waals surface area contributed by atoms with E-state index in [1.807, 2.05) is 12.1 Å². The molecular weight excluding hydrogens is 415 g/mol. The van der Waals surface area contributed by atoms with Gasteiger partial charge in [-0.15, -0.1) is 0 Å². The van der Waals surface area contributed by atoms with Crippen LogP contribution >= 0.6 is 23.2 Å². The predicted octanol–water partition coefficient (Wildman–Crippen LogP) is 4.31. The van der Waals surface area contributed by atoms with Crippen LogP contribution in [0.2, 0.25) is 10.0 Å².